The molecule has 1 aromatic rings. The maximum atomic E-state index is 6.11. The van der Waals surface area contributed by atoms with Gasteiger partial charge in [0.2, 0.25) is 0 Å². The molecular formula is C14H23N3. The highest BCUT2D eigenvalue weighted by Gasteiger charge is 2.49. The maximum Gasteiger partial charge on any atom is 0.0492 e. The third kappa shape index (κ3) is 1.81. The summed E-state index contributed by atoms with van der Waals surface area (Å²) in [5.41, 5.74) is 7.91. The Hall–Kier alpha value is -0.830. The molecule has 2 saturated carbocycles. The molecule has 2 aliphatic carbocycles. The van der Waals surface area contributed by atoms with E-state index in [1.165, 1.54) is 37.8 Å². The van der Waals surface area contributed by atoms with Gasteiger partial charge in [-0.05, 0) is 62.0 Å². The molecule has 3 nitrogen and oxygen atoms in total. The van der Waals surface area contributed by atoms with Crippen molar-refractivity contribution in [1.29, 1.82) is 0 Å². The molecule has 17 heavy (non-hydrogen) atoms. The van der Waals surface area contributed by atoms with E-state index in [-0.39, 0.29) is 0 Å². The predicted octanol–water partition coefficient (Wildman–Crippen LogP) is 2.12. The van der Waals surface area contributed by atoms with Crippen molar-refractivity contribution in [3.05, 3.63) is 18.0 Å². The molecule has 0 radical (unpaired) electrons. The fourth-order valence-corrected chi connectivity index (χ4v) is 4.24. The van der Waals surface area contributed by atoms with Crippen LogP contribution in [0, 0.1) is 17.3 Å². The first-order chi connectivity index (χ1) is 8.23. The Labute approximate surface area is 103 Å². The first kappa shape index (κ1) is 11.3. The van der Waals surface area contributed by atoms with Crippen LogP contribution in [0.1, 0.15) is 37.8 Å². The van der Waals surface area contributed by atoms with Crippen molar-refractivity contribution >= 4 is 0 Å². The molecule has 0 spiro atoms. The summed E-state index contributed by atoms with van der Waals surface area (Å²) in [5, 5.41) is 4.24. The van der Waals surface area contributed by atoms with Crippen LogP contribution in [0.4, 0.5) is 0 Å². The summed E-state index contributed by atoms with van der Waals surface area (Å²) >= 11 is 0. The van der Waals surface area contributed by atoms with Gasteiger partial charge in [-0.3, -0.25) is 4.68 Å². The molecular weight excluding hydrogens is 210 g/mol. The number of aryl methyl sites for hydroxylation is 2. The van der Waals surface area contributed by atoms with Crippen LogP contribution in [0.15, 0.2) is 12.3 Å². The minimum atomic E-state index is 0.452. The summed E-state index contributed by atoms with van der Waals surface area (Å²) in [7, 11) is 2.03. The number of hydrogen-bond acceptors (Lipinski definition) is 2. The van der Waals surface area contributed by atoms with E-state index in [1.807, 2.05) is 17.9 Å². The van der Waals surface area contributed by atoms with Crippen LogP contribution in [-0.2, 0) is 13.5 Å². The molecule has 0 saturated heterocycles. The van der Waals surface area contributed by atoms with Gasteiger partial charge >= 0.3 is 0 Å². The average molecular weight is 233 g/mol. The second-order valence-electron chi connectivity index (χ2n) is 6.09. The van der Waals surface area contributed by atoms with E-state index in [1.54, 1.807) is 0 Å². The van der Waals surface area contributed by atoms with Crippen LogP contribution in [-0.4, -0.2) is 16.3 Å². The van der Waals surface area contributed by atoms with E-state index < -0.39 is 0 Å². The molecule has 0 aromatic carbocycles. The fourth-order valence-electron chi connectivity index (χ4n) is 4.24. The third-order valence-corrected chi connectivity index (χ3v) is 5.31. The van der Waals surface area contributed by atoms with E-state index in [0.717, 1.165) is 24.8 Å². The zero-order valence-corrected chi connectivity index (χ0v) is 10.7. The summed E-state index contributed by atoms with van der Waals surface area (Å²) in [6.45, 7) is 0.881. The van der Waals surface area contributed by atoms with Crippen molar-refractivity contribution in [2.45, 2.75) is 38.5 Å². The normalized spacial score (nSPS) is 35.6. The lowest BCUT2D eigenvalue weighted by Gasteiger charge is -2.37. The van der Waals surface area contributed by atoms with Crippen molar-refractivity contribution in [3.63, 3.8) is 0 Å². The van der Waals surface area contributed by atoms with Gasteiger partial charge < -0.3 is 5.73 Å². The van der Waals surface area contributed by atoms with Gasteiger partial charge in [0.25, 0.3) is 0 Å². The van der Waals surface area contributed by atoms with Gasteiger partial charge in [0.15, 0.2) is 0 Å². The minimum absolute atomic E-state index is 0.452. The topological polar surface area (TPSA) is 43.8 Å². The van der Waals surface area contributed by atoms with Gasteiger partial charge in [-0.2, -0.15) is 5.10 Å². The zero-order chi connectivity index (χ0) is 11.9. The molecule has 3 unspecified atom stereocenters. The Bertz CT molecular complexity index is 398. The third-order valence-electron chi connectivity index (χ3n) is 5.31. The number of rotatable bonds is 4. The highest BCUT2D eigenvalue weighted by molar-refractivity contribution is 5.05. The monoisotopic (exact) mass is 233 g/mol. The van der Waals surface area contributed by atoms with E-state index in [2.05, 4.69) is 11.2 Å². The molecule has 2 bridgehead atoms. The van der Waals surface area contributed by atoms with Crippen molar-refractivity contribution in [3.8, 4) is 0 Å². The fraction of sp³-hybridized carbons (Fsp3) is 0.786. The van der Waals surface area contributed by atoms with Gasteiger partial charge in [0.05, 0.1) is 0 Å². The SMILES string of the molecule is Cn1nccc1CCC1(CN)CC2CCC1C2. The Morgan fingerprint density at radius 3 is 2.94 bits per heavy atom. The number of nitrogens with zero attached hydrogens (tertiary/aromatic N) is 2. The lowest BCUT2D eigenvalue weighted by Crippen LogP contribution is -2.36. The Morgan fingerprint density at radius 2 is 2.41 bits per heavy atom. The van der Waals surface area contributed by atoms with Gasteiger partial charge in [0.1, 0.15) is 0 Å². The molecule has 1 aromatic heterocycles. The molecule has 3 atom stereocenters. The largest absolute Gasteiger partial charge is 0.330 e. The molecule has 2 fully saturated rings. The zero-order valence-electron chi connectivity index (χ0n) is 10.7. The van der Waals surface area contributed by atoms with Crippen molar-refractivity contribution in [2.24, 2.45) is 30.0 Å². The highest BCUT2D eigenvalue weighted by atomic mass is 15.2. The molecule has 3 rings (SSSR count). The van der Waals surface area contributed by atoms with Crippen LogP contribution in [0.2, 0.25) is 0 Å². The number of aromatic nitrogens is 2. The van der Waals surface area contributed by atoms with Crippen LogP contribution in [0.3, 0.4) is 0 Å². The quantitative estimate of drug-likeness (QED) is 0.865. The van der Waals surface area contributed by atoms with E-state index in [9.17, 15) is 0 Å². The number of nitrogens with two attached hydrogens (primary N) is 1. The summed E-state index contributed by atoms with van der Waals surface area (Å²) in [6.07, 6.45) is 9.99. The predicted molar refractivity (Wildman–Crippen MR) is 68.5 cm³/mol. The van der Waals surface area contributed by atoms with Crippen LogP contribution < -0.4 is 5.73 Å². The second kappa shape index (κ2) is 4.13. The number of hydrogen-bond donors (Lipinski definition) is 1. The maximum absolute atomic E-state index is 6.11. The molecule has 1 heterocycles. The van der Waals surface area contributed by atoms with Gasteiger partial charge in [-0.15, -0.1) is 0 Å². The Balaban J connectivity index is 1.69. The Morgan fingerprint density at radius 1 is 1.53 bits per heavy atom. The van der Waals surface area contributed by atoms with Crippen LogP contribution in [0.25, 0.3) is 0 Å². The lowest BCUT2D eigenvalue weighted by molar-refractivity contribution is 0.157. The summed E-state index contributed by atoms with van der Waals surface area (Å²) in [4.78, 5) is 0. The minimum Gasteiger partial charge on any atom is -0.330 e. The van der Waals surface area contributed by atoms with Crippen molar-refractivity contribution in [1.82, 2.24) is 9.78 Å². The molecule has 2 aliphatic rings. The molecule has 94 valence electrons. The average Bonchev–Trinajstić information content (AvgIpc) is 3.02. The molecule has 3 heteroatoms. The summed E-state index contributed by atoms with van der Waals surface area (Å²) in [5.74, 6) is 1.89. The standard InChI is InChI=1S/C14H23N3/c1-17-13(5-7-16-17)4-6-14(10-15)9-11-2-3-12(14)8-11/h5,7,11-12H,2-4,6,8-10,15H2,1H3. The second-order valence-corrected chi connectivity index (χ2v) is 6.09. The number of fused-ring (bicyclic) bond motifs is 2. The first-order valence-corrected chi connectivity index (χ1v) is 6.90. The van der Waals surface area contributed by atoms with Gasteiger partial charge in [-0.1, -0.05) is 6.42 Å². The van der Waals surface area contributed by atoms with Crippen LogP contribution >= 0.6 is 0 Å². The Kier molecular flexibility index (Phi) is 2.74. The van der Waals surface area contributed by atoms with Crippen LogP contribution in [0.5, 0.6) is 0 Å². The first-order valence-electron chi connectivity index (χ1n) is 6.90. The van der Waals surface area contributed by atoms with Crippen molar-refractivity contribution in [2.75, 3.05) is 6.54 Å². The van der Waals surface area contributed by atoms with E-state index in [4.69, 9.17) is 5.73 Å². The molecule has 2 N–H and O–H groups in total. The van der Waals surface area contributed by atoms with E-state index >= 15 is 0 Å². The summed E-state index contributed by atoms with van der Waals surface area (Å²) in [6, 6.07) is 2.14. The van der Waals surface area contributed by atoms with E-state index in [0.29, 0.717) is 5.41 Å². The highest BCUT2D eigenvalue weighted by Crippen LogP contribution is 2.57. The molecule has 0 amide bonds. The lowest BCUT2D eigenvalue weighted by atomic mass is 9.70. The van der Waals surface area contributed by atoms with Gasteiger partial charge in [-0.25, -0.2) is 0 Å². The van der Waals surface area contributed by atoms with Crippen molar-refractivity contribution < 1.29 is 0 Å². The van der Waals surface area contributed by atoms with Gasteiger partial charge in [0, 0.05) is 18.9 Å². The molecule has 0 aliphatic heterocycles. The smallest absolute Gasteiger partial charge is 0.0492 e. The summed E-state index contributed by atoms with van der Waals surface area (Å²) < 4.78 is 2.00.